The van der Waals surface area contributed by atoms with Gasteiger partial charge in [-0.2, -0.15) is 0 Å². The van der Waals surface area contributed by atoms with E-state index in [4.69, 9.17) is 37.6 Å². The smallest absolute Gasteiger partial charge is 0.200 e. The number of ether oxygens (including phenoxy) is 7. The second-order valence-corrected chi connectivity index (χ2v) is 18.5. The van der Waals surface area contributed by atoms with Crippen LogP contribution in [0.25, 0.3) is 6.08 Å². The molecule has 3 aromatic carbocycles. The number of carbonyl (C=O) groups is 1. The quantitative estimate of drug-likeness (QED) is 0.0611. The van der Waals surface area contributed by atoms with Gasteiger partial charge in [0.15, 0.2) is 54.6 Å². The molecule has 1 heterocycles. The van der Waals surface area contributed by atoms with Crippen LogP contribution in [0, 0.1) is 0 Å². The maximum absolute atomic E-state index is 13.4. The number of fused-ring (bicyclic) bond motifs is 1. The number of hydrogen-bond donors (Lipinski definition) is 2. The van der Waals surface area contributed by atoms with Gasteiger partial charge in [0.2, 0.25) is 8.32 Å². The lowest BCUT2D eigenvalue weighted by molar-refractivity contribution is -0.0102. The Morgan fingerprint density at radius 1 is 0.800 bits per heavy atom. The fourth-order valence-corrected chi connectivity index (χ4v) is 12.2. The van der Waals surface area contributed by atoms with Crippen molar-refractivity contribution in [2.75, 3.05) is 41.5 Å². The van der Waals surface area contributed by atoms with Gasteiger partial charge in [-0.15, -0.1) is 0 Å². The first kappa shape index (κ1) is 38.6. The molecule has 3 aromatic rings. The van der Waals surface area contributed by atoms with E-state index in [1.807, 2.05) is 0 Å². The van der Waals surface area contributed by atoms with Gasteiger partial charge in [0.1, 0.15) is 22.8 Å². The molecule has 4 rings (SSSR count). The Bertz CT molecular complexity index is 1610. The molecule has 0 saturated heterocycles. The van der Waals surface area contributed by atoms with Crippen LogP contribution in [-0.2, 0) is 13.9 Å². The molecule has 0 radical (unpaired) electrons. The van der Waals surface area contributed by atoms with Crippen molar-refractivity contribution >= 4 is 20.2 Å². The third-order valence-corrected chi connectivity index (χ3v) is 15.1. The maximum atomic E-state index is 13.4. The minimum Gasteiger partial charge on any atom is -0.507 e. The van der Waals surface area contributed by atoms with Crippen LogP contribution in [0.5, 0.6) is 40.2 Å². The predicted molar refractivity (Wildman–Crippen MR) is 192 cm³/mol. The summed E-state index contributed by atoms with van der Waals surface area (Å²) in [4.78, 5) is 13.4. The minimum absolute atomic E-state index is 0.0269. The van der Waals surface area contributed by atoms with Gasteiger partial charge in [0.25, 0.3) is 0 Å². The Labute approximate surface area is 295 Å². The number of carbonyl (C=O) groups excluding carboxylic acids is 1. The fraction of sp³-hybridized carbons (Fsp3) is 0.447. The van der Waals surface area contributed by atoms with E-state index in [1.54, 1.807) is 42.5 Å². The van der Waals surface area contributed by atoms with E-state index in [0.717, 1.165) is 5.56 Å². The van der Waals surface area contributed by atoms with Crippen LogP contribution in [0.1, 0.15) is 69.1 Å². The number of allylic oxidation sites excluding steroid dienone is 1. The third-order valence-electron chi connectivity index (χ3n) is 8.98. The van der Waals surface area contributed by atoms with Crippen LogP contribution in [0.3, 0.4) is 0 Å². The van der Waals surface area contributed by atoms with Crippen molar-refractivity contribution in [1.29, 1.82) is 0 Å². The molecular weight excluding hydrogens is 660 g/mol. The molecule has 2 N–H and O–H groups in total. The lowest BCUT2D eigenvalue weighted by Crippen LogP contribution is -2.50. The number of aromatic hydroxyl groups is 2. The lowest BCUT2D eigenvalue weighted by Gasteiger charge is -2.44. The van der Waals surface area contributed by atoms with E-state index in [9.17, 15) is 15.0 Å². The number of methoxy groups -OCH3 is 3. The summed E-state index contributed by atoms with van der Waals surface area (Å²) >= 11 is 0. The zero-order chi connectivity index (χ0) is 36.6. The monoisotopic (exact) mass is 710 g/mol. The lowest BCUT2D eigenvalue weighted by atomic mass is 10.0. The predicted octanol–water partition coefficient (Wildman–Crippen LogP) is 8.04. The molecular formula is C38H50O11Si. The molecule has 0 fully saturated rings. The Balaban J connectivity index is 1.65. The summed E-state index contributed by atoms with van der Waals surface area (Å²) in [5, 5.41) is 21.0. The van der Waals surface area contributed by atoms with Crippen molar-refractivity contribution < 1.29 is 52.6 Å². The van der Waals surface area contributed by atoms with E-state index < -0.39 is 26.3 Å². The fourth-order valence-electron chi connectivity index (χ4n) is 6.78. The molecule has 0 saturated carbocycles. The summed E-state index contributed by atoms with van der Waals surface area (Å²) in [6, 6.07) is 13.3. The van der Waals surface area contributed by atoms with Gasteiger partial charge in [-0.05, 0) is 52.5 Å². The van der Waals surface area contributed by atoms with Crippen molar-refractivity contribution in [2.24, 2.45) is 0 Å². The van der Waals surface area contributed by atoms with Gasteiger partial charge in [-0.3, -0.25) is 4.79 Å². The summed E-state index contributed by atoms with van der Waals surface area (Å²) in [5.74, 6) is 0.916. The van der Waals surface area contributed by atoms with Crippen LogP contribution < -0.4 is 23.7 Å². The number of phenols is 2. The Morgan fingerprint density at radius 3 is 2.12 bits per heavy atom. The molecule has 0 aliphatic carbocycles. The second kappa shape index (κ2) is 17.1. The molecule has 1 aliphatic heterocycles. The van der Waals surface area contributed by atoms with E-state index in [-0.39, 0.29) is 42.1 Å². The highest BCUT2D eigenvalue weighted by atomic mass is 28.4. The van der Waals surface area contributed by atoms with Crippen LogP contribution in [0.2, 0.25) is 16.6 Å². The number of hydrogen-bond acceptors (Lipinski definition) is 11. The van der Waals surface area contributed by atoms with E-state index in [2.05, 4.69) is 41.5 Å². The maximum Gasteiger partial charge on any atom is 0.200 e. The molecule has 0 spiro atoms. The van der Waals surface area contributed by atoms with Crippen LogP contribution >= 0.6 is 0 Å². The Hall–Kier alpha value is -4.23. The van der Waals surface area contributed by atoms with Crippen molar-refractivity contribution in [1.82, 2.24) is 0 Å². The van der Waals surface area contributed by atoms with E-state index in [1.165, 1.54) is 39.5 Å². The normalized spacial score (nSPS) is 16.0. The first-order valence-corrected chi connectivity index (χ1v) is 18.8. The Morgan fingerprint density at radius 2 is 1.48 bits per heavy atom. The molecule has 12 heteroatoms. The second-order valence-electron chi connectivity index (χ2n) is 13.1. The van der Waals surface area contributed by atoms with Crippen LogP contribution in [0.15, 0.2) is 54.6 Å². The largest absolute Gasteiger partial charge is 0.507 e. The average molecular weight is 711 g/mol. The molecule has 2 atom stereocenters. The number of phenolic OH excluding ortho intramolecular Hbond substituents is 2. The average Bonchev–Trinajstić information content (AvgIpc) is 3.08. The molecule has 0 unspecified atom stereocenters. The van der Waals surface area contributed by atoms with Gasteiger partial charge >= 0.3 is 0 Å². The van der Waals surface area contributed by atoms with Gasteiger partial charge in [-0.25, -0.2) is 0 Å². The van der Waals surface area contributed by atoms with Crippen molar-refractivity contribution in [3.05, 3.63) is 71.3 Å². The van der Waals surface area contributed by atoms with Crippen molar-refractivity contribution in [2.45, 2.75) is 70.4 Å². The van der Waals surface area contributed by atoms with Gasteiger partial charge in [-0.1, -0.05) is 59.8 Å². The molecule has 11 nitrogen and oxygen atoms in total. The molecule has 0 bridgehead atoms. The third kappa shape index (κ3) is 8.55. The number of benzene rings is 3. The van der Waals surface area contributed by atoms with Gasteiger partial charge in [0.05, 0.1) is 13.7 Å². The molecule has 50 heavy (non-hydrogen) atoms. The molecule has 0 aromatic heterocycles. The molecule has 1 aliphatic rings. The summed E-state index contributed by atoms with van der Waals surface area (Å²) in [7, 11) is 2.17. The summed E-state index contributed by atoms with van der Waals surface area (Å²) in [5.41, 5.74) is 2.50. The van der Waals surface area contributed by atoms with E-state index in [0.29, 0.717) is 46.0 Å². The van der Waals surface area contributed by atoms with E-state index >= 15 is 0 Å². The Kier molecular flexibility index (Phi) is 13.2. The first-order valence-electron chi connectivity index (χ1n) is 16.7. The summed E-state index contributed by atoms with van der Waals surface area (Å²) in [6.45, 7) is 13.5. The summed E-state index contributed by atoms with van der Waals surface area (Å²) < 4.78 is 46.5. The van der Waals surface area contributed by atoms with Gasteiger partial charge in [0, 0.05) is 31.9 Å². The first-order chi connectivity index (χ1) is 23.9. The summed E-state index contributed by atoms with van der Waals surface area (Å²) in [6.07, 6.45) is 1.88. The van der Waals surface area contributed by atoms with Crippen LogP contribution in [-0.4, -0.2) is 71.9 Å². The van der Waals surface area contributed by atoms with Crippen LogP contribution in [0.4, 0.5) is 0 Å². The minimum atomic E-state index is -2.26. The topological polar surface area (TPSA) is 131 Å². The highest BCUT2D eigenvalue weighted by Gasteiger charge is 2.46. The van der Waals surface area contributed by atoms with Gasteiger partial charge < -0.3 is 47.8 Å². The highest BCUT2D eigenvalue weighted by Crippen LogP contribution is 2.45. The SMILES string of the molecule is COCOc1cc(O)c(C(=O)/C=C\c2ccc3c(c2)O[C@@H](CO[Si](C(C)C)(C(C)C)C(C)C)[C@H](c2ccc(O)c(OC)c2)O3)c(OCOC)c1. The van der Waals surface area contributed by atoms with Crippen molar-refractivity contribution in [3.63, 3.8) is 0 Å². The van der Waals surface area contributed by atoms with Crippen molar-refractivity contribution in [3.8, 4) is 40.2 Å². The zero-order valence-electron chi connectivity index (χ0n) is 30.4. The highest BCUT2D eigenvalue weighted by molar-refractivity contribution is 6.77. The molecule has 272 valence electrons. The number of rotatable bonds is 17. The zero-order valence-corrected chi connectivity index (χ0v) is 31.4. The molecule has 0 amide bonds. The standard InChI is InChI=1S/C38H50O11Si/c1-23(2)50(24(3)4,25(5)6)47-20-36-38(27-12-14-29(39)33(17-27)44-9)49-32-15-11-26(16-34(32)48-36)10-13-30(40)37-31(41)18-28(45-21-42-7)19-35(37)46-22-43-8/h10-19,23-25,36,38-39,41H,20-22H2,1-9H3/b13-10-/t36-,38-/m0/s1. The number of ketones is 1.